The first kappa shape index (κ1) is 11.2. The molecule has 1 aromatic carbocycles. The second kappa shape index (κ2) is 4.69. The van der Waals surface area contributed by atoms with Crippen LogP contribution in [0.25, 0.3) is 0 Å². The topological polar surface area (TPSA) is 48.1 Å². The third-order valence-electron chi connectivity index (χ3n) is 2.04. The fraction of sp³-hybridized carbons (Fsp3) is 0.0833. The molecule has 0 saturated heterocycles. The molecule has 0 aliphatic carbocycles. The van der Waals surface area contributed by atoms with Crippen molar-refractivity contribution >= 4 is 28.3 Å². The minimum atomic E-state index is 0.451. The van der Waals surface area contributed by atoms with Gasteiger partial charge in [-0.2, -0.15) is 0 Å². The molecule has 3 nitrogen and oxygen atoms in total. The van der Waals surface area contributed by atoms with Gasteiger partial charge in [-0.05, 0) is 65.4 Å². The fourth-order valence-corrected chi connectivity index (χ4v) is 1.64. The molecule has 0 radical (unpaired) electrons. The molecule has 0 aliphatic rings. The summed E-state index contributed by atoms with van der Waals surface area (Å²) in [6.07, 6.45) is 1.73. The summed E-state index contributed by atoms with van der Waals surface area (Å²) in [5.41, 5.74) is 7.39. The number of hydrogen-bond acceptors (Lipinski definition) is 3. The minimum Gasteiger partial charge on any atom is -0.437 e. The molecule has 4 heteroatoms. The molecular formula is C12H11IN2O. The van der Waals surface area contributed by atoms with E-state index in [1.165, 1.54) is 0 Å². The zero-order chi connectivity index (χ0) is 11.5. The summed E-state index contributed by atoms with van der Waals surface area (Å²) < 4.78 is 6.74. The van der Waals surface area contributed by atoms with Gasteiger partial charge in [0.05, 0.1) is 5.69 Å². The van der Waals surface area contributed by atoms with E-state index in [0.29, 0.717) is 11.6 Å². The quantitative estimate of drug-likeness (QED) is 0.861. The lowest BCUT2D eigenvalue weighted by Crippen LogP contribution is -1.95. The maximum Gasteiger partial charge on any atom is 0.242 e. The Hall–Kier alpha value is -1.30. The van der Waals surface area contributed by atoms with Crippen LogP contribution in [0.3, 0.4) is 0 Å². The van der Waals surface area contributed by atoms with Gasteiger partial charge in [-0.25, -0.2) is 4.98 Å². The molecular weight excluding hydrogens is 315 g/mol. The van der Waals surface area contributed by atoms with Gasteiger partial charge < -0.3 is 10.5 Å². The molecule has 16 heavy (non-hydrogen) atoms. The minimum absolute atomic E-state index is 0.451. The van der Waals surface area contributed by atoms with Gasteiger partial charge in [-0.15, -0.1) is 0 Å². The van der Waals surface area contributed by atoms with Crippen molar-refractivity contribution in [3.63, 3.8) is 0 Å². The number of anilines is 1. The SMILES string of the molecule is Cc1cnc(Oc2ccc(I)cc2)c(N)c1. The van der Waals surface area contributed by atoms with E-state index in [1.54, 1.807) is 6.20 Å². The Morgan fingerprint density at radius 2 is 1.94 bits per heavy atom. The molecule has 0 spiro atoms. The predicted octanol–water partition coefficient (Wildman–Crippen LogP) is 3.37. The van der Waals surface area contributed by atoms with Crippen LogP contribution < -0.4 is 10.5 Å². The van der Waals surface area contributed by atoms with Crippen LogP contribution in [0.4, 0.5) is 5.69 Å². The van der Waals surface area contributed by atoms with Crippen molar-refractivity contribution < 1.29 is 4.74 Å². The normalized spacial score (nSPS) is 10.1. The largest absolute Gasteiger partial charge is 0.437 e. The Bertz CT molecular complexity index is 497. The third kappa shape index (κ3) is 2.63. The molecule has 0 atom stereocenters. The number of aromatic nitrogens is 1. The summed E-state index contributed by atoms with van der Waals surface area (Å²) in [5.74, 6) is 1.19. The van der Waals surface area contributed by atoms with Crippen LogP contribution in [-0.2, 0) is 0 Å². The smallest absolute Gasteiger partial charge is 0.242 e. The number of rotatable bonds is 2. The first-order valence-electron chi connectivity index (χ1n) is 4.81. The van der Waals surface area contributed by atoms with Crippen LogP contribution in [0, 0.1) is 10.5 Å². The molecule has 1 heterocycles. The van der Waals surface area contributed by atoms with E-state index in [1.807, 2.05) is 37.3 Å². The van der Waals surface area contributed by atoms with Gasteiger partial charge in [0.1, 0.15) is 5.75 Å². The lowest BCUT2D eigenvalue weighted by Gasteiger charge is -2.07. The average Bonchev–Trinajstić information content (AvgIpc) is 2.25. The Labute approximate surface area is 108 Å². The number of benzene rings is 1. The van der Waals surface area contributed by atoms with Crippen LogP contribution >= 0.6 is 22.6 Å². The van der Waals surface area contributed by atoms with Gasteiger partial charge in [-0.3, -0.25) is 0 Å². The predicted molar refractivity (Wildman–Crippen MR) is 72.6 cm³/mol. The molecule has 2 rings (SSSR count). The number of nitrogen functional groups attached to an aromatic ring is 1. The Balaban J connectivity index is 2.23. The summed E-state index contributed by atoms with van der Waals surface area (Å²) in [7, 11) is 0. The number of pyridine rings is 1. The molecule has 0 bridgehead atoms. The molecule has 2 N–H and O–H groups in total. The van der Waals surface area contributed by atoms with Crippen LogP contribution in [0.15, 0.2) is 36.5 Å². The lowest BCUT2D eigenvalue weighted by atomic mass is 10.3. The molecule has 82 valence electrons. The zero-order valence-corrected chi connectivity index (χ0v) is 10.9. The standard InChI is InChI=1S/C12H11IN2O/c1-8-6-11(14)12(15-7-8)16-10-4-2-9(13)3-5-10/h2-7H,14H2,1H3. The van der Waals surface area contributed by atoms with E-state index in [0.717, 1.165) is 14.9 Å². The Kier molecular flexibility index (Phi) is 3.28. The van der Waals surface area contributed by atoms with Gasteiger partial charge in [0.15, 0.2) is 0 Å². The second-order valence-electron chi connectivity index (χ2n) is 3.46. The van der Waals surface area contributed by atoms with Gasteiger partial charge in [0.25, 0.3) is 0 Å². The van der Waals surface area contributed by atoms with Crippen LogP contribution in [-0.4, -0.2) is 4.98 Å². The summed E-state index contributed by atoms with van der Waals surface area (Å²) in [4.78, 5) is 4.15. The monoisotopic (exact) mass is 326 g/mol. The highest BCUT2D eigenvalue weighted by Crippen LogP contribution is 2.25. The van der Waals surface area contributed by atoms with Crippen molar-refractivity contribution in [3.05, 3.63) is 45.7 Å². The molecule has 0 aliphatic heterocycles. The van der Waals surface area contributed by atoms with Crippen molar-refractivity contribution in [1.82, 2.24) is 4.98 Å². The molecule has 0 fully saturated rings. The highest BCUT2D eigenvalue weighted by atomic mass is 127. The first-order valence-corrected chi connectivity index (χ1v) is 5.88. The Morgan fingerprint density at radius 1 is 1.25 bits per heavy atom. The fourth-order valence-electron chi connectivity index (χ4n) is 1.28. The van der Waals surface area contributed by atoms with Crippen molar-refractivity contribution in [2.75, 3.05) is 5.73 Å². The molecule has 2 aromatic rings. The number of nitrogens with two attached hydrogens (primary N) is 1. The zero-order valence-electron chi connectivity index (χ0n) is 8.77. The van der Waals surface area contributed by atoms with E-state index in [9.17, 15) is 0 Å². The molecule has 0 saturated carbocycles. The van der Waals surface area contributed by atoms with Crippen LogP contribution in [0.5, 0.6) is 11.6 Å². The van der Waals surface area contributed by atoms with Crippen molar-refractivity contribution in [1.29, 1.82) is 0 Å². The van der Waals surface area contributed by atoms with Crippen LogP contribution in [0.2, 0.25) is 0 Å². The third-order valence-corrected chi connectivity index (χ3v) is 2.76. The maximum atomic E-state index is 5.81. The summed E-state index contributed by atoms with van der Waals surface area (Å²) in [6.45, 7) is 1.94. The average molecular weight is 326 g/mol. The summed E-state index contributed by atoms with van der Waals surface area (Å²) in [5, 5.41) is 0. The van der Waals surface area contributed by atoms with E-state index >= 15 is 0 Å². The number of nitrogens with zero attached hydrogens (tertiary/aromatic N) is 1. The Morgan fingerprint density at radius 3 is 2.56 bits per heavy atom. The van der Waals surface area contributed by atoms with Gasteiger partial charge >= 0.3 is 0 Å². The van der Waals surface area contributed by atoms with E-state index < -0.39 is 0 Å². The lowest BCUT2D eigenvalue weighted by molar-refractivity contribution is 0.465. The molecule has 0 unspecified atom stereocenters. The van der Waals surface area contributed by atoms with Crippen molar-refractivity contribution in [2.24, 2.45) is 0 Å². The highest BCUT2D eigenvalue weighted by Gasteiger charge is 2.03. The number of ether oxygens (including phenoxy) is 1. The second-order valence-corrected chi connectivity index (χ2v) is 4.71. The van der Waals surface area contributed by atoms with Gasteiger partial charge in [0.2, 0.25) is 5.88 Å². The van der Waals surface area contributed by atoms with E-state index in [-0.39, 0.29) is 0 Å². The first-order chi connectivity index (χ1) is 7.65. The number of aryl methyl sites for hydroxylation is 1. The van der Waals surface area contributed by atoms with Crippen molar-refractivity contribution in [3.8, 4) is 11.6 Å². The van der Waals surface area contributed by atoms with E-state index in [4.69, 9.17) is 10.5 Å². The highest BCUT2D eigenvalue weighted by molar-refractivity contribution is 14.1. The summed E-state index contributed by atoms with van der Waals surface area (Å²) in [6, 6.07) is 9.57. The maximum absolute atomic E-state index is 5.81. The number of halogens is 1. The van der Waals surface area contributed by atoms with Gasteiger partial charge in [0, 0.05) is 9.77 Å². The van der Waals surface area contributed by atoms with Gasteiger partial charge in [-0.1, -0.05) is 0 Å². The van der Waals surface area contributed by atoms with Crippen LogP contribution in [0.1, 0.15) is 5.56 Å². The van der Waals surface area contributed by atoms with E-state index in [2.05, 4.69) is 27.6 Å². The summed E-state index contributed by atoms with van der Waals surface area (Å²) >= 11 is 2.24. The van der Waals surface area contributed by atoms with Crippen molar-refractivity contribution in [2.45, 2.75) is 6.92 Å². The molecule has 0 amide bonds. The molecule has 1 aromatic heterocycles. The number of hydrogen-bond donors (Lipinski definition) is 1.